The normalized spacial score (nSPS) is 20.9. The summed E-state index contributed by atoms with van der Waals surface area (Å²) in [5, 5.41) is 0.781. The number of nitrogens with two attached hydrogens (primary N) is 1. The van der Waals surface area contributed by atoms with Gasteiger partial charge in [-0.1, -0.05) is 12.1 Å². The topological polar surface area (TPSA) is 80.8 Å². The van der Waals surface area contributed by atoms with Crippen LogP contribution >= 0.6 is 11.3 Å². The first-order valence-electron chi connectivity index (χ1n) is 7.74. The summed E-state index contributed by atoms with van der Waals surface area (Å²) in [6.45, 7) is 4.47. The van der Waals surface area contributed by atoms with Crippen molar-refractivity contribution in [3.8, 4) is 16.2 Å². The molecule has 0 bridgehead atoms. The molecule has 2 aromatic rings. The molecule has 126 valence electrons. The number of amides is 1. The standard InChI is InChI=1S/C17H20N4O2S/c1-4-23-12-7-5-6-11(8-12)13-10-19-15(24-13)17(2)9-14(22)21(3)16(18)20-17/h5-8,10H,4,9H2,1-3H3,(H2,18,20)/t17-/m0/s1. The molecule has 0 fully saturated rings. The fraction of sp³-hybridized carbons (Fsp3) is 0.353. The molecule has 2 heterocycles. The van der Waals surface area contributed by atoms with E-state index in [1.54, 1.807) is 7.05 Å². The summed E-state index contributed by atoms with van der Waals surface area (Å²) < 4.78 is 5.55. The third-order valence-electron chi connectivity index (χ3n) is 3.97. The molecule has 1 aliphatic rings. The van der Waals surface area contributed by atoms with Crippen LogP contribution in [-0.2, 0) is 10.3 Å². The SMILES string of the molecule is CCOc1cccc(-c2cnc([C@]3(C)CC(=O)N(C)C(N)=N3)s2)c1. The highest BCUT2D eigenvalue weighted by Gasteiger charge is 2.38. The van der Waals surface area contributed by atoms with Crippen LogP contribution in [0.4, 0.5) is 0 Å². The van der Waals surface area contributed by atoms with Gasteiger partial charge in [-0.15, -0.1) is 11.3 Å². The van der Waals surface area contributed by atoms with Gasteiger partial charge in [-0.05, 0) is 31.5 Å². The summed E-state index contributed by atoms with van der Waals surface area (Å²) in [6.07, 6.45) is 2.07. The number of benzene rings is 1. The Morgan fingerprint density at radius 3 is 2.96 bits per heavy atom. The number of carbonyl (C=O) groups is 1. The van der Waals surface area contributed by atoms with E-state index in [2.05, 4.69) is 9.98 Å². The van der Waals surface area contributed by atoms with Gasteiger partial charge in [-0.3, -0.25) is 9.69 Å². The van der Waals surface area contributed by atoms with Crippen LogP contribution in [0.1, 0.15) is 25.3 Å². The molecule has 24 heavy (non-hydrogen) atoms. The molecule has 1 aliphatic heterocycles. The average Bonchev–Trinajstić information content (AvgIpc) is 3.04. The largest absolute Gasteiger partial charge is 0.494 e. The maximum atomic E-state index is 12.1. The van der Waals surface area contributed by atoms with Gasteiger partial charge in [-0.25, -0.2) is 9.98 Å². The van der Waals surface area contributed by atoms with Gasteiger partial charge < -0.3 is 10.5 Å². The zero-order chi connectivity index (χ0) is 17.3. The van der Waals surface area contributed by atoms with E-state index in [1.165, 1.54) is 16.2 Å². The maximum absolute atomic E-state index is 12.1. The fourth-order valence-electron chi connectivity index (χ4n) is 2.59. The Kier molecular flexibility index (Phi) is 4.28. The molecular weight excluding hydrogens is 324 g/mol. The molecule has 1 aromatic heterocycles. The first-order chi connectivity index (χ1) is 11.4. The van der Waals surface area contributed by atoms with Crippen molar-refractivity contribution < 1.29 is 9.53 Å². The van der Waals surface area contributed by atoms with Crippen LogP contribution in [0.2, 0.25) is 0 Å². The van der Waals surface area contributed by atoms with Crippen LogP contribution in [0.15, 0.2) is 35.5 Å². The smallest absolute Gasteiger partial charge is 0.231 e. The van der Waals surface area contributed by atoms with Crippen molar-refractivity contribution in [2.45, 2.75) is 25.8 Å². The molecule has 2 N–H and O–H groups in total. The number of rotatable bonds is 4. The lowest BCUT2D eigenvalue weighted by molar-refractivity contribution is -0.128. The average molecular weight is 344 g/mol. The van der Waals surface area contributed by atoms with E-state index in [4.69, 9.17) is 10.5 Å². The van der Waals surface area contributed by atoms with Crippen LogP contribution < -0.4 is 10.5 Å². The molecule has 1 atom stereocenters. The second kappa shape index (κ2) is 6.24. The molecule has 0 aliphatic carbocycles. The molecular formula is C17H20N4O2S. The van der Waals surface area contributed by atoms with Crippen molar-refractivity contribution in [3.63, 3.8) is 0 Å². The number of hydrogen-bond donors (Lipinski definition) is 1. The van der Waals surface area contributed by atoms with Crippen LogP contribution in [0.25, 0.3) is 10.4 Å². The molecule has 0 unspecified atom stereocenters. The minimum absolute atomic E-state index is 0.0555. The highest BCUT2D eigenvalue weighted by molar-refractivity contribution is 7.15. The number of guanidine groups is 1. The lowest BCUT2D eigenvalue weighted by Gasteiger charge is -2.31. The van der Waals surface area contributed by atoms with E-state index < -0.39 is 5.54 Å². The van der Waals surface area contributed by atoms with Gasteiger partial charge in [0.1, 0.15) is 16.3 Å². The molecule has 0 saturated carbocycles. The van der Waals surface area contributed by atoms with Crippen molar-refractivity contribution in [3.05, 3.63) is 35.5 Å². The molecule has 3 rings (SSSR count). The van der Waals surface area contributed by atoms with E-state index in [-0.39, 0.29) is 18.3 Å². The van der Waals surface area contributed by atoms with Crippen LogP contribution in [0.3, 0.4) is 0 Å². The van der Waals surface area contributed by atoms with Crippen molar-refractivity contribution in [2.75, 3.05) is 13.7 Å². The summed E-state index contributed by atoms with van der Waals surface area (Å²) in [5.74, 6) is 0.997. The zero-order valence-electron chi connectivity index (χ0n) is 13.9. The molecule has 1 aromatic carbocycles. The first kappa shape index (κ1) is 16.4. The second-order valence-corrected chi connectivity index (χ2v) is 6.89. The van der Waals surface area contributed by atoms with Gasteiger partial charge >= 0.3 is 0 Å². The second-order valence-electron chi connectivity index (χ2n) is 5.86. The summed E-state index contributed by atoms with van der Waals surface area (Å²) in [4.78, 5) is 23.5. The van der Waals surface area contributed by atoms with Crippen molar-refractivity contribution in [1.82, 2.24) is 9.88 Å². The van der Waals surface area contributed by atoms with E-state index in [9.17, 15) is 4.79 Å². The number of aromatic nitrogens is 1. The molecule has 0 saturated heterocycles. The predicted octanol–water partition coefficient (Wildman–Crippen LogP) is 2.60. The number of aliphatic imine (C=N–C) groups is 1. The zero-order valence-corrected chi connectivity index (χ0v) is 14.8. The van der Waals surface area contributed by atoms with E-state index in [0.717, 1.165) is 21.2 Å². The molecule has 0 spiro atoms. The Morgan fingerprint density at radius 2 is 2.25 bits per heavy atom. The van der Waals surface area contributed by atoms with E-state index >= 15 is 0 Å². The third-order valence-corrected chi connectivity index (χ3v) is 5.27. The minimum atomic E-state index is -0.714. The maximum Gasteiger partial charge on any atom is 0.231 e. The Bertz CT molecular complexity index is 801. The van der Waals surface area contributed by atoms with Crippen molar-refractivity contribution in [2.24, 2.45) is 10.7 Å². The summed E-state index contributed by atoms with van der Waals surface area (Å²) in [6, 6.07) is 7.88. The summed E-state index contributed by atoms with van der Waals surface area (Å²) >= 11 is 1.52. The highest BCUT2D eigenvalue weighted by atomic mass is 32.1. The quantitative estimate of drug-likeness (QED) is 0.924. The van der Waals surface area contributed by atoms with Gasteiger partial charge in [0.05, 0.1) is 17.9 Å². The third kappa shape index (κ3) is 2.99. The highest BCUT2D eigenvalue weighted by Crippen LogP contribution is 2.38. The van der Waals surface area contributed by atoms with Crippen molar-refractivity contribution in [1.29, 1.82) is 0 Å². The number of hydrogen-bond acceptors (Lipinski definition) is 6. The monoisotopic (exact) mass is 344 g/mol. The first-order valence-corrected chi connectivity index (χ1v) is 8.56. The van der Waals surface area contributed by atoms with Crippen LogP contribution in [-0.4, -0.2) is 35.4 Å². The van der Waals surface area contributed by atoms with Crippen LogP contribution in [0.5, 0.6) is 5.75 Å². The summed E-state index contributed by atoms with van der Waals surface area (Å²) in [7, 11) is 1.63. The number of nitrogens with zero attached hydrogens (tertiary/aromatic N) is 3. The van der Waals surface area contributed by atoms with E-state index in [1.807, 2.05) is 44.3 Å². The number of ether oxygens (including phenoxy) is 1. The minimum Gasteiger partial charge on any atom is -0.494 e. The Balaban J connectivity index is 1.93. The van der Waals surface area contributed by atoms with E-state index in [0.29, 0.717) is 6.61 Å². The molecule has 6 nitrogen and oxygen atoms in total. The Labute approximate surface area is 145 Å². The summed E-state index contributed by atoms with van der Waals surface area (Å²) in [5.41, 5.74) is 6.19. The van der Waals surface area contributed by atoms with Gasteiger partial charge in [-0.2, -0.15) is 0 Å². The number of carbonyl (C=O) groups excluding carboxylic acids is 1. The number of thiazole rings is 1. The predicted molar refractivity (Wildman–Crippen MR) is 95.1 cm³/mol. The van der Waals surface area contributed by atoms with Gasteiger partial charge in [0.25, 0.3) is 0 Å². The Morgan fingerprint density at radius 1 is 1.46 bits per heavy atom. The van der Waals surface area contributed by atoms with Gasteiger partial charge in [0.15, 0.2) is 5.96 Å². The Hall–Kier alpha value is -2.41. The molecule has 0 radical (unpaired) electrons. The lowest BCUT2D eigenvalue weighted by Crippen LogP contribution is -2.47. The van der Waals surface area contributed by atoms with Gasteiger partial charge in [0, 0.05) is 13.2 Å². The lowest BCUT2D eigenvalue weighted by atomic mass is 9.97. The molecule has 1 amide bonds. The fourth-order valence-corrected chi connectivity index (χ4v) is 3.60. The van der Waals surface area contributed by atoms with Crippen molar-refractivity contribution >= 4 is 23.2 Å². The molecule has 7 heteroatoms. The van der Waals surface area contributed by atoms with Gasteiger partial charge in [0.2, 0.25) is 5.91 Å². The van der Waals surface area contributed by atoms with Crippen LogP contribution in [0, 0.1) is 0 Å².